The number of fused-ring (bicyclic) bond motifs is 6. The summed E-state index contributed by atoms with van der Waals surface area (Å²) in [5.74, 6) is 0. The van der Waals surface area contributed by atoms with Gasteiger partial charge in [-0.1, -0.05) is 136 Å². The Kier molecular flexibility index (Phi) is 14.2. The van der Waals surface area contributed by atoms with Crippen molar-refractivity contribution in [3.05, 3.63) is 200 Å². The van der Waals surface area contributed by atoms with E-state index in [-0.39, 0.29) is 0 Å². The van der Waals surface area contributed by atoms with Crippen molar-refractivity contribution in [2.24, 2.45) is 7.05 Å². The minimum atomic E-state index is 0.892. The Balaban J connectivity index is 0.000000193. The maximum Gasteiger partial charge on any atom is 0.0571 e. The summed E-state index contributed by atoms with van der Waals surface area (Å²) < 4.78 is 4.60. The van der Waals surface area contributed by atoms with Gasteiger partial charge < -0.3 is 9.13 Å². The number of rotatable bonds is 6. The van der Waals surface area contributed by atoms with Gasteiger partial charge in [0.25, 0.3) is 0 Å². The van der Waals surface area contributed by atoms with E-state index in [4.69, 9.17) is 0 Å². The van der Waals surface area contributed by atoms with Crippen LogP contribution in [0.4, 0.5) is 0 Å². The highest BCUT2D eigenvalue weighted by Gasteiger charge is 2.15. The Bertz CT molecular complexity index is 2850. The molecule has 8 aromatic rings. The number of nitrogens with zero attached hydrogens (tertiary/aromatic N) is 4. The molecule has 0 aliphatic heterocycles. The molecule has 4 heterocycles. The summed E-state index contributed by atoms with van der Waals surface area (Å²) in [4.78, 5) is 8.72. The van der Waals surface area contributed by atoms with Crippen LogP contribution >= 0.6 is 0 Å². The van der Waals surface area contributed by atoms with Crippen molar-refractivity contribution in [2.75, 3.05) is 0 Å². The SMILES string of the molecule is C/C=C(\C=C/CC)C1=CCC=C(n2c3ccncc3c3cc(-c4ccccc4)ccc32)C=C1.C=CC.CC.Cc1cccc(-c2ccc3c(c2)c2cnccc2n3C)c1. The average Bonchev–Trinajstić information content (AvgIpc) is 3.63. The van der Waals surface area contributed by atoms with Gasteiger partial charge in [0.15, 0.2) is 0 Å². The van der Waals surface area contributed by atoms with Crippen molar-refractivity contribution < 1.29 is 0 Å². The summed E-state index contributed by atoms with van der Waals surface area (Å²) in [6.07, 6.45) is 27.1. The summed E-state index contributed by atoms with van der Waals surface area (Å²) in [6, 6.07) is 36.8. The predicted molar refractivity (Wildman–Crippen MR) is 258 cm³/mol. The van der Waals surface area contributed by atoms with E-state index in [0.717, 1.165) is 12.8 Å². The highest BCUT2D eigenvalue weighted by atomic mass is 15.0. The quantitative estimate of drug-likeness (QED) is 0.125. The van der Waals surface area contributed by atoms with Gasteiger partial charge in [-0.05, 0) is 109 Å². The van der Waals surface area contributed by atoms with Gasteiger partial charge in [-0.15, -0.1) is 6.58 Å². The maximum absolute atomic E-state index is 4.44. The summed E-state index contributed by atoms with van der Waals surface area (Å²) in [5.41, 5.74) is 14.8. The Hall–Kier alpha value is -6.78. The largest absolute Gasteiger partial charge is 0.344 e. The second kappa shape index (κ2) is 20.1. The molecule has 9 rings (SSSR count). The second-order valence-electron chi connectivity index (χ2n) is 14.2. The van der Waals surface area contributed by atoms with Gasteiger partial charge >= 0.3 is 0 Å². The monoisotopic (exact) mass is 772 g/mol. The lowest BCUT2D eigenvalue weighted by Gasteiger charge is -2.09. The van der Waals surface area contributed by atoms with E-state index in [1.165, 1.54) is 88.3 Å². The Labute approximate surface area is 350 Å². The van der Waals surface area contributed by atoms with Crippen molar-refractivity contribution in [3.63, 3.8) is 0 Å². The molecule has 59 heavy (non-hydrogen) atoms. The number of pyridine rings is 2. The molecule has 4 heteroatoms. The fourth-order valence-electron chi connectivity index (χ4n) is 7.62. The van der Waals surface area contributed by atoms with Crippen LogP contribution in [-0.2, 0) is 7.05 Å². The van der Waals surface area contributed by atoms with Gasteiger partial charge in [0.2, 0.25) is 0 Å². The molecule has 296 valence electrons. The van der Waals surface area contributed by atoms with Crippen LogP contribution in [-0.4, -0.2) is 19.1 Å². The molecule has 1 aliphatic rings. The van der Waals surface area contributed by atoms with E-state index in [1.54, 1.807) is 6.08 Å². The predicted octanol–water partition coefficient (Wildman–Crippen LogP) is 15.4. The van der Waals surface area contributed by atoms with Crippen LogP contribution < -0.4 is 0 Å². The van der Waals surface area contributed by atoms with Crippen molar-refractivity contribution >= 4 is 49.3 Å². The number of aryl methyl sites for hydroxylation is 2. The first kappa shape index (κ1) is 41.8. The molecule has 0 bridgehead atoms. The summed E-state index contributed by atoms with van der Waals surface area (Å²) >= 11 is 0. The van der Waals surface area contributed by atoms with E-state index < -0.39 is 0 Å². The first-order valence-electron chi connectivity index (χ1n) is 20.8. The van der Waals surface area contributed by atoms with Gasteiger partial charge in [-0.25, -0.2) is 0 Å². The van der Waals surface area contributed by atoms with Gasteiger partial charge in [-0.2, -0.15) is 0 Å². The lowest BCUT2D eigenvalue weighted by molar-refractivity contribution is 1.01. The molecule has 0 N–H and O–H groups in total. The standard InChI is InChI=1S/C31H28N2.C19H16N2.C3H6.C2H6/c1-3-5-10-23(4-2)25-13-9-14-27(17-15-25)33-30-18-16-26(24-11-7-6-8-12-24)21-28(30)29-22-32-20-19-31(29)33;1-13-4-3-5-14(10-13)15-6-7-18-16(11-15)17-12-20-9-8-19(17)21(18)2;1-3-2;1-2/h4-8,10-22H,3,9H2,1-2H3;3-12H,1-2H3;3H,1H2,2H3;1-2H3/b10-5-,23-4+;;;. The lowest BCUT2D eigenvalue weighted by atomic mass is 10.0. The van der Waals surface area contributed by atoms with Crippen LogP contribution in [0.3, 0.4) is 0 Å². The van der Waals surface area contributed by atoms with Crippen LogP contribution in [0.1, 0.15) is 53.0 Å². The molecule has 0 fully saturated rings. The number of hydrogen-bond acceptors (Lipinski definition) is 2. The third kappa shape index (κ3) is 9.19. The van der Waals surface area contributed by atoms with E-state index in [0.29, 0.717) is 0 Å². The molecular formula is C55H56N4. The molecule has 4 aromatic heterocycles. The zero-order valence-corrected chi connectivity index (χ0v) is 35.7. The smallest absolute Gasteiger partial charge is 0.0571 e. The molecule has 0 spiro atoms. The zero-order valence-electron chi connectivity index (χ0n) is 35.7. The molecular weight excluding hydrogens is 717 g/mol. The van der Waals surface area contributed by atoms with E-state index in [2.05, 4.69) is 199 Å². The van der Waals surface area contributed by atoms with Crippen molar-refractivity contribution in [1.82, 2.24) is 19.1 Å². The van der Waals surface area contributed by atoms with Crippen LogP contribution in [0.25, 0.3) is 71.6 Å². The molecule has 1 aliphatic carbocycles. The molecule has 0 amide bonds. The van der Waals surface area contributed by atoms with Crippen molar-refractivity contribution in [2.45, 2.75) is 54.4 Å². The van der Waals surface area contributed by atoms with Gasteiger partial charge in [0, 0.05) is 64.6 Å². The van der Waals surface area contributed by atoms with Crippen LogP contribution in [0.15, 0.2) is 194 Å². The van der Waals surface area contributed by atoms with Gasteiger partial charge in [-0.3, -0.25) is 9.97 Å². The molecule has 4 aromatic carbocycles. The Morgan fingerprint density at radius 1 is 0.661 bits per heavy atom. The number of benzene rings is 4. The van der Waals surface area contributed by atoms with E-state index in [9.17, 15) is 0 Å². The first-order valence-corrected chi connectivity index (χ1v) is 20.8. The highest BCUT2D eigenvalue weighted by Crippen LogP contribution is 2.36. The molecule has 0 unspecified atom stereocenters. The van der Waals surface area contributed by atoms with E-state index in [1.807, 2.05) is 45.6 Å². The van der Waals surface area contributed by atoms with Gasteiger partial charge in [0.05, 0.1) is 16.6 Å². The van der Waals surface area contributed by atoms with Crippen molar-refractivity contribution in [3.8, 4) is 22.3 Å². The fourth-order valence-corrected chi connectivity index (χ4v) is 7.62. The van der Waals surface area contributed by atoms with Crippen LogP contribution in [0.5, 0.6) is 0 Å². The second-order valence-corrected chi connectivity index (χ2v) is 14.2. The first-order chi connectivity index (χ1) is 28.9. The molecule has 0 atom stereocenters. The third-order valence-electron chi connectivity index (χ3n) is 10.4. The lowest BCUT2D eigenvalue weighted by Crippen LogP contribution is -1.94. The average molecular weight is 773 g/mol. The normalized spacial score (nSPS) is 12.6. The highest BCUT2D eigenvalue weighted by molar-refractivity contribution is 6.11. The number of hydrogen-bond donors (Lipinski definition) is 0. The fraction of sp³-hybridized carbons (Fsp3) is 0.164. The van der Waals surface area contributed by atoms with Crippen molar-refractivity contribution in [1.29, 1.82) is 0 Å². The molecule has 0 saturated heterocycles. The topological polar surface area (TPSA) is 35.6 Å². The molecule has 4 nitrogen and oxygen atoms in total. The Morgan fingerprint density at radius 3 is 1.92 bits per heavy atom. The summed E-state index contributed by atoms with van der Waals surface area (Å²) in [5, 5.41) is 4.88. The Morgan fingerprint density at radius 2 is 1.24 bits per heavy atom. The van der Waals surface area contributed by atoms with Crippen LogP contribution in [0, 0.1) is 6.92 Å². The molecule has 0 radical (unpaired) electrons. The molecule has 0 saturated carbocycles. The minimum Gasteiger partial charge on any atom is -0.344 e. The summed E-state index contributed by atoms with van der Waals surface area (Å²) in [7, 11) is 2.11. The minimum absolute atomic E-state index is 0.892. The third-order valence-corrected chi connectivity index (χ3v) is 10.4. The number of allylic oxidation sites excluding steroid dienone is 11. The van der Waals surface area contributed by atoms with Gasteiger partial charge in [0.1, 0.15) is 0 Å². The number of aromatic nitrogens is 4. The van der Waals surface area contributed by atoms with E-state index >= 15 is 0 Å². The maximum atomic E-state index is 4.44. The zero-order chi connectivity index (χ0) is 41.7. The van der Waals surface area contributed by atoms with Crippen LogP contribution in [0.2, 0.25) is 0 Å². The summed E-state index contributed by atoms with van der Waals surface area (Å²) in [6.45, 7) is 15.7.